The first kappa shape index (κ1) is 12.0. The van der Waals surface area contributed by atoms with Crippen LogP contribution >= 0.6 is 15.9 Å². The van der Waals surface area contributed by atoms with Crippen molar-refractivity contribution in [2.75, 3.05) is 17.3 Å². The maximum Gasteiger partial charge on any atom is 0.235 e. The van der Waals surface area contributed by atoms with Crippen LogP contribution in [-0.2, 0) is 4.79 Å². The predicted octanol–water partition coefficient (Wildman–Crippen LogP) is 3.16. The third-order valence-corrected chi connectivity index (χ3v) is 2.75. The van der Waals surface area contributed by atoms with Crippen LogP contribution in [-0.4, -0.2) is 17.8 Å². The topological polar surface area (TPSA) is 51.5 Å². The van der Waals surface area contributed by atoms with E-state index in [9.17, 15) is 4.79 Å². The summed E-state index contributed by atoms with van der Waals surface area (Å²) in [5.41, 5.74) is 1.36. The summed E-state index contributed by atoms with van der Waals surface area (Å²) < 4.78 is 10.8. The van der Waals surface area contributed by atoms with Gasteiger partial charge in [-0.3, -0.25) is 4.79 Å². The van der Waals surface area contributed by atoms with E-state index in [4.69, 9.17) is 9.15 Å². The highest BCUT2D eigenvalue weighted by Crippen LogP contribution is 2.30. The number of halogens is 1. The lowest BCUT2D eigenvalue weighted by Gasteiger charge is -2.08. The molecule has 17 heavy (non-hydrogen) atoms. The summed E-state index contributed by atoms with van der Waals surface area (Å²) >= 11 is 3.10. The quantitative estimate of drug-likeness (QED) is 0.882. The molecule has 0 saturated heterocycles. The zero-order valence-corrected chi connectivity index (χ0v) is 10.9. The molecule has 0 aliphatic carbocycles. The highest BCUT2D eigenvalue weighted by Gasteiger charge is 2.09. The lowest BCUT2D eigenvalue weighted by molar-refractivity contribution is -0.113. The van der Waals surface area contributed by atoms with E-state index in [0.29, 0.717) is 23.6 Å². The third kappa shape index (κ3) is 2.61. The first-order valence-electron chi connectivity index (χ1n) is 5.24. The molecule has 0 radical (unpaired) electrons. The van der Waals surface area contributed by atoms with Crippen LogP contribution in [0.25, 0.3) is 11.0 Å². The molecule has 0 atom stereocenters. The number of benzene rings is 1. The maximum absolute atomic E-state index is 11.3. The Hall–Kier alpha value is -1.49. The maximum atomic E-state index is 11.3. The fourth-order valence-corrected chi connectivity index (χ4v) is 1.72. The molecule has 0 aliphatic rings. The number of carbonyl (C=O) groups excluding carboxylic acids is 1. The minimum Gasteiger partial charge on any atom is -0.493 e. The van der Waals surface area contributed by atoms with Crippen molar-refractivity contribution in [1.82, 2.24) is 0 Å². The molecule has 0 spiro atoms. The number of carbonyl (C=O) groups is 1. The predicted molar refractivity (Wildman–Crippen MR) is 69.8 cm³/mol. The van der Waals surface area contributed by atoms with Gasteiger partial charge in [-0.1, -0.05) is 15.9 Å². The summed E-state index contributed by atoms with van der Waals surface area (Å²) in [6, 6.07) is 5.41. The number of furan rings is 1. The summed E-state index contributed by atoms with van der Waals surface area (Å²) in [6.45, 7) is 2.48. The smallest absolute Gasteiger partial charge is 0.235 e. The Morgan fingerprint density at radius 2 is 2.35 bits per heavy atom. The van der Waals surface area contributed by atoms with Gasteiger partial charge in [-0.2, -0.15) is 0 Å². The second-order valence-corrected chi connectivity index (χ2v) is 3.98. The lowest BCUT2D eigenvalue weighted by Crippen LogP contribution is -2.12. The van der Waals surface area contributed by atoms with Crippen LogP contribution in [0.3, 0.4) is 0 Å². The Bertz CT molecular complexity index is 536. The van der Waals surface area contributed by atoms with Gasteiger partial charge in [0.2, 0.25) is 5.91 Å². The summed E-state index contributed by atoms with van der Waals surface area (Å²) in [6.07, 6.45) is 1.60. The van der Waals surface area contributed by atoms with Gasteiger partial charge < -0.3 is 14.5 Å². The van der Waals surface area contributed by atoms with Crippen molar-refractivity contribution in [2.45, 2.75) is 6.92 Å². The number of amides is 1. The van der Waals surface area contributed by atoms with Crippen LogP contribution in [0.5, 0.6) is 5.75 Å². The normalized spacial score (nSPS) is 10.5. The van der Waals surface area contributed by atoms with E-state index in [1.54, 1.807) is 18.4 Å². The largest absolute Gasteiger partial charge is 0.493 e. The molecule has 0 bridgehead atoms. The number of anilines is 1. The molecule has 5 heteroatoms. The average molecular weight is 298 g/mol. The molecule has 2 aromatic rings. The number of alkyl halides is 1. The highest BCUT2D eigenvalue weighted by atomic mass is 79.9. The molecule has 0 unspecified atom stereocenters. The molecule has 1 aromatic carbocycles. The summed E-state index contributed by atoms with van der Waals surface area (Å²) in [5.74, 6) is 0.599. The summed E-state index contributed by atoms with van der Waals surface area (Å²) in [5, 5.41) is 3.91. The Labute approximate surface area is 107 Å². The van der Waals surface area contributed by atoms with E-state index in [0.717, 1.165) is 5.39 Å². The van der Waals surface area contributed by atoms with Crippen molar-refractivity contribution in [3.63, 3.8) is 0 Å². The van der Waals surface area contributed by atoms with E-state index >= 15 is 0 Å². The number of hydrogen-bond acceptors (Lipinski definition) is 3. The van der Waals surface area contributed by atoms with Crippen LogP contribution < -0.4 is 10.1 Å². The molecule has 2 rings (SSSR count). The van der Waals surface area contributed by atoms with Gasteiger partial charge in [0.05, 0.1) is 23.6 Å². The standard InChI is InChI=1S/C12H12BrNO3/c1-2-16-10-5-8(14-12(15)7-13)6-11-9(10)3-4-17-11/h3-6H,2,7H2,1H3,(H,14,15). The molecule has 1 N–H and O–H groups in total. The van der Waals surface area contributed by atoms with Crippen molar-refractivity contribution in [3.05, 3.63) is 24.5 Å². The van der Waals surface area contributed by atoms with E-state index in [1.807, 2.05) is 13.0 Å². The van der Waals surface area contributed by atoms with Crippen molar-refractivity contribution in [2.24, 2.45) is 0 Å². The van der Waals surface area contributed by atoms with E-state index < -0.39 is 0 Å². The van der Waals surface area contributed by atoms with Gasteiger partial charge in [0.25, 0.3) is 0 Å². The number of hydrogen-bond donors (Lipinski definition) is 1. The molecule has 1 heterocycles. The summed E-state index contributed by atoms with van der Waals surface area (Å²) in [4.78, 5) is 11.3. The van der Waals surface area contributed by atoms with Gasteiger partial charge in [0.1, 0.15) is 11.3 Å². The van der Waals surface area contributed by atoms with Gasteiger partial charge in [-0.25, -0.2) is 0 Å². The average Bonchev–Trinajstić information content (AvgIpc) is 2.77. The zero-order valence-electron chi connectivity index (χ0n) is 9.33. The monoisotopic (exact) mass is 297 g/mol. The third-order valence-electron chi connectivity index (χ3n) is 2.24. The first-order valence-corrected chi connectivity index (χ1v) is 6.36. The molecule has 0 fully saturated rings. The van der Waals surface area contributed by atoms with Crippen molar-refractivity contribution >= 4 is 38.5 Å². The molecular formula is C12H12BrNO3. The van der Waals surface area contributed by atoms with Crippen molar-refractivity contribution in [1.29, 1.82) is 0 Å². The lowest BCUT2D eigenvalue weighted by atomic mass is 10.2. The molecule has 1 amide bonds. The van der Waals surface area contributed by atoms with Gasteiger partial charge in [0, 0.05) is 17.8 Å². The fraction of sp³-hybridized carbons (Fsp3) is 0.250. The van der Waals surface area contributed by atoms with E-state index in [1.165, 1.54) is 0 Å². The van der Waals surface area contributed by atoms with Gasteiger partial charge in [-0.05, 0) is 13.0 Å². The number of fused-ring (bicyclic) bond motifs is 1. The minimum absolute atomic E-state index is 0.113. The molecule has 4 nitrogen and oxygen atoms in total. The van der Waals surface area contributed by atoms with Crippen molar-refractivity contribution in [3.8, 4) is 5.75 Å². The number of ether oxygens (including phenoxy) is 1. The van der Waals surface area contributed by atoms with Gasteiger partial charge in [-0.15, -0.1) is 0 Å². The van der Waals surface area contributed by atoms with Crippen molar-refractivity contribution < 1.29 is 13.9 Å². The molecule has 0 saturated carbocycles. The SMILES string of the molecule is CCOc1cc(NC(=O)CBr)cc2occc12. The van der Waals surface area contributed by atoms with Crippen LogP contribution in [0.2, 0.25) is 0 Å². The number of nitrogens with one attached hydrogen (secondary N) is 1. The first-order chi connectivity index (χ1) is 8.24. The summed E-state index contributed by atoms with van der Waals surface area (Å²) in [7, 11) is 0. The zero-order chi connectivity index (χ0) is 12.3. The molecule has 90 valence electrons. The second kappa shape index (κ2) is 5.23. The Balaban J connectivity index is 2.40. The van der Waals surface area contributed by atoms with Crippen LogP contribution in [0, 0.1) is 0 Å². The molecular weight excluding hydrogens is 286 g/mol. The van der Waals surface area contributed by atoms with Gasteiger partial charge in [0.15, 0.2) is 0 Å². The Kier molecular flexibility index (Phi) is 3.68. The highest BCUT2D eigenvalue weighted by molar-refractivity contribution is 9.09. The van der Waals surface area contributed by atoms with E-state index in [-0.39, 0.29) is 11.2 Å². The van der Waals surface area contributed by atoms with E-state index in [2.05, 4.69) is 21.2 Å². The van der Waals surface area contributed by atoms with Crippen LogP contribution in [0.15, 0.2) is 28.9 Å². The fourth-order valence-electron chi connectivity index (χ4n) is 1.58. The second-order valence-electron chi connectivity index (χ2n) is 3.42. The minimum atomic E-state index is -0.113. The van der Waals surface area contributed by atoms with Crippen LogP contribution in [0.1, 0.15) is 6.92 Å². The van der Waals surface area contributed by atoms with Gasteiger partial charge >= 0.3 is 0 Å². The molecule has 0 aliphatic heterocycles. The Morgan fingerprint density at radius 3 is 3.06 bits per heavy atom. The van der Waals surface area contributed by atoms with Crippen LogP contribution in [0.4, 0.5) is 5.69 Å². The number of rotatable bonds is 4. The molecule has 1 aromatic heterocycles. The Morgan fingerprint density at radius 1 is 1.53 bits per heavy atom.